The zero-order chi connectivity index (χ0) is 23.7. The molecule has 1 atom stereocenters. The van der Waals surface area contributed by atoms with Crippen LogP contribution in [0.4, 0.5) is 0 Å². The third-order valence-corrected chi connectivity index (χ3v) is 6.71. The van der Waals surface area contributed by atoms with E-state index >= 15 is 0 Å². The zero-order valence-electron chi connectivity index (χ0n) is 19.7. The number of ether oxygens (including phenoxy) is 1. The molecule has 1 aliphatic carbocycles. The van der Waals surface area contributed by atoms with E-state index in [1.165, 1.54) is 11.1 Å². The van der Waals surface area contributed by atoms with Crippen LogP contribution in [0.5, 0.6) is 5.75 Å². The predicted octanol–water partition coefficient (Wildman–Crippen LogP) is 4.51. The van der Waals surface area contributed by atoms with Gasteiger partial charge in [-0.2, -0.15) is 0 Å². The lowest BCUT2D eigenvalue weighted by Gasteiger charge is -2.38. The molecule has 0 saturated heterocycles. The van der Waals surface area contributed by atoms with E-state index in [1.807, 2.05) is 23.1 Å². The maximum atomic E-state index is 13.2. The Labute approximate surface area is 200 Å². The Balaban J connectivity index is 1.36. The molecule has 6 heteroatoms. The monoisotopic (exact) mass is 458 g/mol. The summed E-state index contributed by atoms with van der Waals surface area (Å²) in [6, 6.07) is 17.9. The maximum Gasteiger partial charge on any atom is 0.260 e. The number of carbonyl (C=O) groups is 2. The van der Waals surface area contributed by atoms with Crippen molar-refractivity contribution >= 4 is 11.8 Å². The van der Waals surface area contributed by atoms with Crippen molar-refractivity contribution in [1.29, 1.82) is 0 Å². The lowest BCUT2D eigenvalue weighted by molar-refractivity contribution is -0.134. The number of likely N-dealkylation sites (N-methyl/N-ethyl adjacent to an activating group) is 1. The zero-order valence-corrected chi connectivity index (χ0v) is 19.7. The molecular formula is C28H30N2O4. The van der Waals surface area contributed by atoms with Crippen molar-refractivity contribution in [2.75, 3.05) is 20.2 Å². The highest BCUT2D eigenvalue weighted by atomic mass is 16.5. The summed E-state index contributed by atoms with van der Waals surface area (Å²) in [5.41, 5.74) is 4.60. The van der Waals surface area contributed by atoms with E-state index in [-0.39, 0.29) is 30.4 Å². The van der Waals surface area contributed by atoms with Gasteiger partial charge in [-0.15, -0.1) is 0 Å². The van der Waals surface area contributed by atoms with Crippen LogP contribution >= 0.6 is 0 Å². The van der Waals surface area contributed by atoms with Gasteiger partial charge < -0.3 is 19.0 Å². The molecule has 2 heterocycles. The average Bonchev–Trinajstić information content (AvgIpc) is 3.58. The number of aryl methyl sites for hydroxylation is 1. The molecule has 3 aromatic rings. The number of hydrogen-bond donors (Lipinski definition) is 0. The van der Waals surface area contributed by atoms with Crippen LogP contribution in [0.1, 0.15) is 46.9 Å². The van der Waals surface area contributed by atoms with Crippen LogP contribution in [-0.2, 0) is 22.6 Å². The summed E-state index contributed by atoms with van der Waals surface area (Å²) in [6.07, 6.45) is 4.39. The summed E-state index contributed by atoms with van der Waals surface area (Å²) in [6.45, 7) is 3.12. The molecule has 176 valence electrons. The van der Waals surface area contributed by atoms with Gasteiger partial charge in [0.05, 0.1) is 18.8 Å². The van der Waals surface area contributed by atoms with Crippen molar-refractivity contribution in [2.45, 2.75) is 38.8 Å². The third kappa shape index (κ3) is 4.72. The molecule has 2 amide bonds. The molecule has 5 rings (SSSR count). The first-order valence-corrected chi connectivity index (χ1v) is 11.9. The van der Waals surface area contributed by atoms with Crippen molar-refractivity contribution in [3.8, 4) is 5.75 Å². The van der Waals surface area contributed by atoms with E-state index in [0.717, 1.165) is 42.7 Å². The van der Waals surface area contributed by atoms with Gasteiger partial charge in [-0.05, 0) is 67.1 Å². The summed E-state index contributed by atoms with van der Waals surface area (Å²) < 4.78 is 11.2. The highest BCUT2D eigenvalue weighted by Crippen LogP contribution is 2.41. The molecule has 34 heavy (non-hydrogen) atoms. The van der Waals surface area contributed by atoms with Crippen molar-refractivity contribution in [3.05, 3.63) is 88.9 Å². The largest absolute Gasteiger partial charge is 0.484 e. The van der Waals surface area contributed by atoms with E-state index in [4.69, 9.17) is 9.15 Å². The van der Waals surface area contributed by atoms with Gasteiger partial charge in [0.1, 0.15) is 11.5 Å². The minimum Gasteiger partial charge on any atom is -0.484 e. The van der Waals surface area contributed by atoms with Gasteiger partial charge in [0.15, 0.2) is 6.61 Å². The highest BCUT2D eigenvalue weighted by Gasteiger charge is 2.39. The van der Waals surface area contributed by atoms with E-state index in [0.29, 0.717) is 12.3 Å². The lowest BCUT2D eigenvalue weighted by Crippen LogP contribution is -2.41. The summed E-state index contributed by atoms with van der Waals surface area (Å²) in [7, 11) is 1.73. The second-order valence-corrected chi connectivity index (χ2v) is 9.35. The summed E-state index contributed by atoms with van der Waals surface area (Å²) >= 11 is 0. The van der Waals surface area contributed by atoms with Gasteiger partial charge >= 0.3 is 0 Å². The topological polar surface area (TPSA) is 63.0 Å². The van der Waals surface area contributed by atoms with E-state index in [1.54, 1.807) is 24.3 Å². The van der Waals surface area contributed by atoms with E-state index in [9.17, 15) is 9.59 Å². The number of nitrogens with zero attached hydrogens (tertiary/aromatic N) is 2. The van der Waals surface area contributed by atoms with Gasteiger partial charge in [0.25, 0.3) is 5.91 Å². The maximum absolute atomic E-state index is 13.2. The van der Waals surface area contributed by atoms with Gasteiger partial charge in [-0.3, -0.25) is 9.59 Å². The summed E-state index contributed by atoms with van der Waals surface area (Å²) in [4.78, 5) is 29.4. The summed E-state index contributed by atoms with van der Waals surface area (Å²) in [5, 5.41) is 0. The summed E-state index contributed by atoms with van der Waals surface area (Å²) in [5.74, 6) is 1.64. The number of benzene rings is 2. The van der Waals surface area contributed by atoms with Crippen LogP contribution in [0.3, 0.4) is 0 Å². The molecule has 2 aliphatic rings. The molecular weight excluding hydrogens is 428 g/mol. The standard InChI is InChI=1S/C28H30N2O4/c1-19-5-7-21(8-6-19)27-25-16-23(34-18-26(31)29(2)17-24-4-3-15-33-24)12-11-20(25)13-14-30(27)28(32)22-9-10-22/h3-8,11-12,15-16,22,27H,9-10,13-14,17-18H2,1-2H3/t27-/m1/s1. The predicted molar refractivity (Wildman–Crippen MR) is 128 cm³/mol. The number of hydrogen-bond acceptors (Lipinski definition) is 4. The van der Waals surface area contributed by atoms with Crippen molar-refractivity contribution in [1.82, 2.24) is 9.80 Å². The van der Waals surface area contributed by atoms with E-state index < -0.39 is 0 Å². The molecule has 0 bridgehead atoms. The minimum atomic E-state index is -0.140. The van der Waals surface area contributed by atoms with Crippen LogP contribution in [-0.4, -0.2) is 41.8 Å². The SMILES string of the molecule is Cc1ccc([C@@H]2c3cc(OCC(=O)N(C)Cc4ccco4)ccc3CCN2C(=O)C2CC2)cc1. The molecule has 0 unspecified atom stereocenters. The molecule has 1 aromatic heterocycles. The van der Waals surface area contributed by atoms with E-state index in [2.05, 4.69) is 37.3 Å². The number of furan rings is 1. The van der Waals surface area contributed by atoms with Gasteiger partial charge in [-0.25, -0.2) is 0 Å². The second-order valence-electron chi connectivity index (χ2n) is 9.35. The molecule has 1 saturated carbocycles. The lowest BCUT2D eigenvalue weighted by atomic mass is 9.87. The molecule has 1 aliphatic heterocycles. The number of fused-ring (bicyclic) bond motifs is 1. The van der Waals surface area contributed by atoms with Crippen LogP contribution in [0, 0.1) is 12.8 Å². The van der Waals surface area contributed by atoms with Gasteiger partial charge in [-0.1, -0.05) is 35.9 Å². The quantitative estimate of drug-likeness (QED) is 0.523. The fraction of sp³-hybridized carbons (Fsp3) is 0.357. The van der Waals surface area contributed by atoms with Gasteiger partial charge in [0.2, 0.25) is 5.91 Å². The Hall–Kier alpha value is -3.54. The molecule has 0 spiro atoms. The Morgan fingerprint density at radius 2 is 1.91 bits per heavy atom. The Morgan fingerprint density at radius 3 is 2.62 bits per heavy atom. The number of carbonyl (C=O) groups excluding carboxylic acids is 2. The first-order chi connectivity index (χ1) is 16.5. The first-order valence-electron chi connectivity index (χ1n) is 11.9. The number of rotatable bonds is 7. The van der Waals surface area contributed by atoms with Crippen LogP contribution < -0.4 is 4.74 Å². The molecule has 6 nitrogen and oxygen atoms in total. The third-order valence-electron chi connectivity index (χ3n) is 6.71. The second kappa shape index (κ2) is 9.37. The molecule has 0 radical (unpaired) electrons. The Bertz CT molecular complexity index is 1170. The van der Waals surface area contributed by atoms with Crippen LogP contribution in [0.2, 0.25) is 0 Å². The van der Waals surface area contributed by atoms with Crippen molar-refractivity contribution in [3.63, 3.8) is 0 Å². The highest BCUT2D eigenvalue weighted by molar-refractivity contribution is 5.82. The minimum absolute atomic E-state index is 0.0596. The average molecular weight is 459 g/mol. The molecule has 1 fully saturated rings. The molecule has 0 N–H and O–H groups in total. The Kier molecular flexibility index (Phi) is 6.14. The smallest absolute Gasteiger partial charge is 0.260 e. The van der Waals surface area contributed by atoms with Crippen LogP contribution in [0.25, 0.3) is 0 Å². The fourth-order valence-electron chi connectivity index (χ4n) is 4.57. The first kappa shape index (κ1) is 22.3. The Morgan fingerprint density at radius 1 is 1.12 bits per heavy atom. The fourth-order valence-corrected chi connectivity index (χ4v) is 4.57. The van der Waals surface area contributed by atoms with Crippen molar-refractivity contribution in [2.24, 2.45) is 5.92 Å². The normalized spacial score (nSPS) is 17.2. The molecule has 2 aromatic carbocycles. The van der Waals surface area contributed by atoms with Gasteiger partial charge in [0, 0.05) is 19.5 Å². The number of amides is 2. The van der Waals surface area contributed by atoms with Crippen molar-refractivity contribution < 1.29 is 18.7 Å². The van der Waals surface area contributed by atoms with Crippen LogP contribution in [0.15, 0.2) is 65.3 Å².